The van der Waals surface area contributed by atoms with E-state index in [4.69, 9.17) is 4.74 Å². The number of hydrogen-bond acceptors (Lipinski definition) is 7. The van der Waals surface area contributed by atoms with Gasteiger partial charge in [0, 0.05) is 17.9 Å². The Labute approximate surface area is 206 Å². The SMILES string of the molecule is CN1CCC(Nc2nc(Nc3ccc(Oc4ccccc4)cc3)c3c(n2)C(Br)C=NC3=O)CC1. The standard InChI is InChI=1S/C25H25BrN6O2/c1-32-13-11-17(12-14-32)29-25-30-22-20(26)15-27-24(33)21(22)23(31-25)28-16-7-9-19(10-8-16)34-18-5-3-2-4-6-18/h2-10,15,17,20H,11-14H2,1H3,(H2,28,29,30,31). The van der Waals surface area contributed by atoms with Gasteiger partial charge in [-0.25, -0.2) is 9.98 Å². The molecule has 0 radical (unpaired) electrons. The van der Waals surface area contributed by atoms with Crippen molar-refractivity contribution >= 4 is 45.5 Å². The molecule has 9 heteroatoms. The van der Waals surface area contributed by atoms with E-state index < -0.39 is 0 Å². The molecule has 0 bridgehead atoms. The molecule has 1 unspecified atom stereocenters. The molecule has 0 saturated carbocycles. The van der Waals surface area contributed by atoms with Gasteiger partial charge < -0.3 is 20.3 Å². The summed E-state index contributed by atoms with van der Waals surface area (Å²) < 4.78 is 5.87. The van der Waals surface area contributed by atoms with Gasteiger partial charge in [-0.3, -0.25) is 4.79 Å². The molecule has 1 aromatic heterocycles. The Morgan fingerprint density at radius 2 is 1.71 bits per heavy atom. The van der Waals surface area contributed by atoms with Crippen LogP contribution in [0.25, 0.3) is 0 Å². The van der Waals surface area contributed by atoms with Crippen molar-refractivity contribution in [3.05, 3.63) is 65.9 Å². The first-order valence-corrected chi connectivity index (χ1v) is 12.2. The van der Waals surface area contributed by atoms with E-state index in [0.717, 1.165) is 37.4 Å². The molecule has 3 aromatic rings. The number of likely N-dealkylation sites (tertiary alicyclic amines) is 1. The third-order valence-electron chi connectivity index (χ3n) is 5.88. The van der Waals surface area contributed by atoms with Crippen LogP contribution in [0.5, 0.6) is 11.5 Å². The van der Waals surface area contributed by atoms with Crippen LogP contribution in [-0.2, 0) is 0 Å². The zero-order chi connectivity index (χ0) is 23.5. The number of piperidine rings is 1. The number of nitrogens with one attached hydrogen (secondary N) is 2. The molecule has 1 amide bonds. The summed E-state index contributed by atoms with van der Waals surface area (Å²) in [6.07, 6.45) is 3.60. The number of amides is 1. The molecule has 2 aliphatic heterocycles. The van der Waals surface area contributed by atoms with E-state index in [-0.39, 0.29) is 10.7 Å². The molecule has 34 heavy (non-hydrogen) atoms. The topological polar surface area (TPSA) is 91.7 Å². The van der Waals surface area contributed by atoms with Gasteiger partial charge in [-0.2, -0.15) is 4.98 Å². The Kier molecular flexibility index (Phi) is 6.55. The van der Waals surface area contributed by atoms with Gasteiger partial charge in [-0.1, -0.05) is 34.1 Å². The van der Waals surface area contributed by atoms with Crippen molar-refractivity contribution in [1.82, 2.24) is 14.9 Å². The molecule has 2 N–H and O–H groups in total. The number of carbonyl (C=O) groups is 1. The number of fused-ring (bicyclic) bond motifs is 1. The van der Waals surface area contributed by atoms with Crippen LogP contribution in [0.2, 0.25) is 0 Å². The largest absolute Gasteiger partial charge is 0.457 e. The van der Waals surface area contributed by atoms with Crippen LogP contribution in [0.4, 0.5) is 17.5 Å². The summed E-state index contributed by atoms with van der Waals surface area (Å²) in [6, 6.07) is 17.4. The highest BCUT2D eigenvalue weighted by Gasteiger charge is 2.29. The molecular formula is C25H25BrN6O2. The summed E-state index contributed by atoms with van der Waals surface area (Å²) in [5, 5.41) is 6.75. The number of halogens is 1. The fourth-order valence-corrected chi connectivity index (χ4v) is 4.46. The highest BCUT2D eigenvalue weighted by atomic mass is 79.9. The molecule has 1 fully saturated rings. The van der Waals surface area contributed by atoms with Crippen molar-refractivity contribution in [2.75, 3.05) is 30.8 Å². The number of benzene rings is 2. The first-order valence-electron chi connectivity index (χ1n) is 11.2. The monoisotopic (exact) mass is 520 g/mol. The fraction of sp³-hybridized carbons (Fsp3) is 0.280. The van der Waals surface area contributed by atoms with Crippen LogP contribution < -0.4 is 15.4 Å². The lowest BCUT2D eigenvalue weighted by Crippen LogP contribution is -2.37. The lowest BCUT2D eigenvalue weighted by Gasteiger charge is -2.30. The Hall–Kier alpha value is -3.30. The van der Waals surface area contributed by atoms with Crippen LogP contribution in [0.1, 0.15) is 33.7 Å². The molecule has 2 aromatic carbocycles. The van der Waals surface area contributed by atoms with Gasteiger partial charge >= 0.3 is 0 Å². The number of aliphatic imine (C=N–C) groups is 1. The second-order valence-corrected chi connectivity index (χ2v) is 9.41. The maximum absolute atomic E-state index is 12.7. The van der Waals surface area contributed by atoms with Gasteiger partial charge in [-0.15, -0.1) is 0 Å². The number of ether oxygens (including phenoxy) is 1. The Morgan fingerprint density at radius 3 is 2.44 bits per heavy atom. The molecule has 2 aliphatic rings. The third-order valence-corrected chi connectivity index (χ3v) is 6.55. The number of carbonyl (C=O) groups excluding carboxylic acids is 1. The molecule has 8 nitrogen and oxygen atoms in total. The van der Waals surface area contributed by atoms with E-state index >= 15 is 0 Å². The number of rotatable bonds is 6. The van der Waals surface area contributed by atoms with E-state index in [9.17, 15) is 4.79 Å². The third kappa shape index (κ3) is 5.10. The van der Waals surface area contributed by atoms with Crippen LogP contribution in [-0.4, -0.2) is 53.2 Å². The molecule has 5 rings (SSSR count). The van der Waals surface area contributed by atoms with E-state index in [0.29, 0.717) is 34.8 Å². The van der Waals surface area contributed by atoms with Crippen LogP contribution in [0.15, 0.2) is 59.6 Å². The van der Waals surface area contributed by atoms with Crippen LogP contribution in [0.3, 0.4) is 0 Å². The average molecular weight is 521 g/mol. The van der Waals surface area contributed by atoms with Crippen LogP contribution >= 0.6 is 15.9 Å². The lowest BCUT2D eigenvalue weighted by atomic mass is 10.1. The predicted molar refractivity (Wildman–Crippen MR) is 137 cm³/mol. The summed E-state index contributed by atoms with van der Waals surface area (Å²) in [6.45, 7) is 2.05. The van der Waals surface area contributed by atoms with Crippen LogP contribution in [0, 0.1) is 0 Å². The minimum absolute atomic E-state index is 0.261. The predicted octanol–water partition coefficient (Wildman–Crippen LogP) is 5.18. The van der Waals surface area contributed by atoms with Gasteiger partial charge in [-0.05, 0) is 69.4 Å². The highest BCUT2D eigenvalue weighted by molar-refractivity contribution is 9.09. The minimum atomic E-state index is -0.358. The first-order chi connectivity index (χ1) is 16.5. The molecule has 3 heterocycles. The van der Waals surface area contributed by atoms with E-state index in [1.54, 1.807) is 6.21 Å². The maximum atomic E-state index is 12.7. The van der Waals surface area contributed by atoms with E-state index in [2.05, 4.69) is 53.5 Å². The number of nitrogens with zero attached hydrogens (tertiary/aromatic N) is 4. The number of anilines is 3. The summed E-state index contributed by atoms with van der Waals surface area (Å²) in [4.78, 5) is 28.0. The van der Waals surface area contributed by atoms with Crippen molar-refractivity contribution in [3.63, 3.8) is 0 Å². The van der Waals surface area contributed by atoms with Gasteiger partial charge in [0.1, 0.15) is 22.9 Å². The number of aromatic nitrogens is 2. The molecule has 174 valence electrons. The zero-order valence-electron chi connectivity index (χ0n) is 18.7. The van der Waals surface area contributed by atoms with Gasteiger partial charge in [0.05, 0.1) is 10.5 Å². The Bertz CT molecular complexity index is 1190. The Balaban J connectivity index is 1.39. The first kappa shape index (κ1) is 22.5. The second kappa shape index (κ2) is 9.90. The number of para-hydroxylation sites is 1. The van der Waals surface area contributed by atoms with Crippen molar-refractivity contribution in [3.8, 4) is 11.5 Å². The van der Waals surface area contributed by atoms with Gasteiger partial charge in [0.25, 0.3) is 5.91 Å². The molecule has 1 atom stereocenters. The summed E-state index contributed by atoms with van der Waals surface area (Å²) in [5.41, 5.74) is 1.76. The van der Waals surface area contributed by atoms with Crippen molar-refractivity contribution < 1.29 is 9.53 Å². The minimum Gasteiger partial charge on any atom is -0.457 e. The smallest absolute Gasteiger partial charge is 0.282 e. The van der Waals surface area contributed by atoms with E-state index in [1.807, 2.05) is 54.6 Å². The maximum Gasteiger partial charge on any atom is 0.282 e. The molecule has 1 saturated heterocycles. The number of hydrogen-bond donors (Lipinski definition) is 2. The van der Waals surface area contributed by atoms with Crippen molar-refractivity contribution in [2.24, 2.45) is 4.99 Å². The summed E-state index contributed by atoms with van der Waals surface area (Å²) in [5.74, 6) is 2.07. The van der Waals surface area contributed by atoms with Gasteiger partial charge in [0.2, 0.25) is 5.95 Å². The lowest BCUT2D eigenvalue weighted by molar-refractivity contribution is 0.100. The summed E-state index contributed by atoms with van der Waals surface area (Å²) in [7, 11) is 2.13. The fourth-order valence-electron chi connectivity index (χ4n) is 4.01. The number of alkyl halides is 1. The van der Waals surface area contributed by atoms with Crippen molar-refractivity contribution in [2.45, 2.75) is 23.7 Å². The molecule has 0 spiro atoms. The van der Waals surface area contributed by atoms with E-state index in [1.165, 1.54) is 0 Å². The highest BCUT2D eigenvalue weighted by Crippen LogP contribution is 2.34. The Morgan fingerprint density at radius 1 is 1.00 bits per heavy atom. The normalized spacial score (nSPS) is 18.4. The van der Waals surface area contributed by atoms with Crippen molar-refractivity contribution in [1.29, 1.82) is 0 Å². The summed E-state index contributed by atoms with van der Waals surface area (Å²) >= 11 is 3.57. The quantitative estimate of drug-likeness (QED) is 0.432. The molecule has 0 aliphatic carbocycles. The second-order valence-electron chi connectivity index (χ2n) is 8.43. The molecular weight excluding hydrogens is 496 g/mol. The average Bonchev–Trinajstić information content (AvgIpc) is 2.85. The zero-order valence-corrected chi connectivity index (χ0v) is 20.3. The van der Waals surface area contributed by atoms with Gasteiger partial charge in [0.15, 0.2) is 0 Å².